The zero-order chi connectivity index (χ0) is 18.0. The summed E-state index contributed by atoms with van der Waals surface area (Å²) in [5, 5.41) is 13.9. The molecule has 0 amide bonds. The van der Waals surface area contributed by atoms with Crippen LogP contribution in [-0.2, 0) is 0 Å². The molecule has 0 atom stereocenters. The van der Waals surface area contributed by atoms with E-state index in [1.165, 1.54) is 22.3 Å². The van der Waals surface area contributed by atoms with E-state index in [2.05, 4.69) is 10.1 Å². The minimum absolute atomic E-state index is 0.111. The zero-order valence-corrected chi connectivity index (χ0v) is 15.2. The number of fused-ring (bicyclic) bond motifs is 1. The Morgan fingerprint density at radius 1 is 1.32 bits per heavy atom. The average Bonchev–Trinajstić information content (AvgIpc) is 2.90. The molecular formula is C18H20N4O2S. The van der Waals surface area contributed by atoms with Crippen molar-refractivity contribution in [2.75, 3.05) is 25.1 Å². The summed E-state index contributed by atoms with van der Waals surface area (Å²) in [6.07, 6.45) is 3.10. The van der Waals surface area contributed by atoms with Gasteiger partial charge in [0.1, 0.15) is 11.2 Å². The van der Waals surface area contributed by atoms with Gasteiger partial charge in [-0.25, -0.2) is 4.98 Å². The van der Waals surface area contributed by atoms with Crippen LogP contribution >= 0.6 is 11.3 Å². The van der Waals surface area contributed by atoms with Crippen LogP contribution in [0.25, 0.3) is 10.2 Å². The van der Waals surface area contributed by atoms with Gasteiger partial charge >= 0.3 is 0 Å². The summed E-state index contributed by atoms with van der Waals surface area (Å²) >= 11 is 1.53. The molecule has 0 unspecified atom stereocenters. The summed E-state index contributed by atoms with van der Waals surface area (Å²) in [6.45, 7) is 4.62. The molecule has 25 heavy (non-hydrogen) atoms. The number of aliphatic hydroxyl groups is 1. The molecule has 1 N–H and O–H groups in total. The van der Waals surface area contributed by atoms with E-state index in [4.69, 9.17) is 5.11 Å². The number of aliphatic hydroxyl groups excluding tert-OH is 1. The Morgan fingerprint density at radius 3 is 2.72 bits per heavy atom. The normalized spacial score (nSPS) is 11.5. The van der Waals surface area contributed by atoms with E-state index in [9.17, 15) is 4.79 Å². The van der Waals surface area contributed by atoms with Crippen molar-refractivity contribution in [1.29, 1.82) is 0 Å². The highest BCUT2D eigenvalue weighted by atomic mass is 32.1. The van der Waals surface area contributed by atoms with Gasteiger partial charge in [0.05, 0.1) is 18.2 Å². The maximum atomic E-state index is 12.6. The fourth-order valence-electron chi connectivity index (χ4n) is 2.53. The van der Waals surface area contributed by atoms with Gasteiger partial charge in [-0.1, -0.05) is 12.1 Å². The molecule has 2 heterocycles. The lowest BCUT2D eigenvalue weighted by atomic mass is 10.2. The van der Waals surface area contributed by atoms with E-state index < -0.39 is 0 Å². The van der Waals surface area contributed by atoms with Crippen molar-refractivity contribution in [3.63, 3.8) is 0 Å². The molecule has 3 rings (SSSR count). The van der Waals surface area contributed by atoms with Gasteiger partial charge in [0.15, 0.2) is 0 Å². The van der Waals surface area contributed by atoms with E-state index in [1.54, 1.807) is 6.21 Å². The molecule has 0 aliphatic carbocycles. The van der Waals surface area contributed by atoms with Gasteiger partial charge in [0, 0.05) is 24.2 Å². The first-order valence-corrected chi connectivity index (χ1v) is 8.76. The topological polar surface area (TPSA) is 70.7 Å². The van der Waals surface area contributed by atoms with Gasteiger partial charge < -0.3 is 10.0 Å². The van der Waals surface area contributed by atoms with Crippen molar-refractivity contribution in [1.82, 2.24) is 9.66 Å². The molecule has 0 saturated carbocycles. The van der Waals surface area contributed by atoms with Gasteiger partial charge in [-0.2, -0.15) is 9.78 Å². The fourth-order valence-corrected chi connectivity index (χ4v) is 3.52. The second kappa shape index (κ2) is 7.16. The Morgan fingerprint density at radius 2 is 2.04 bits per heavy atom. The average molecular weight is 356 g/mol. The second-order valence-electron chi connectivity index (χ2n) is 5.84. The number of hydrogen-bond acceptors (Lipinski definition) is 6. The lowest BCUT2D eigenvalue weighted by Gasteiger charge is -2.17. The highest BCUT2D eigenvalue weighted by Crippen LogP contribution is 2.25. The van der Waals surface area contributed by atoms with Gasteiger partial charge in [-0.15, -0.1) is 11.3 Å². The molecule has 0 radical (unpaired) electrons. The molecule has 2 aromatic heterocycles. The molecule has 7 heteroatoms. The predicted octanol–water partition coefficient (Wildman–Crippen LogP) is 2.39. The third-order valence-corrected chi connectivity index (χ3v) is 5.29. The van der Waals surface area contributed by atoms with Crippen LogP contribution in [0.5, 0.6) is 0 Å². The predicted molar refractivity (Wildman–Crippen MR) is 103 cm³/mol. The molecule has 0 bridgehead atoms. The van der Waals surface area contributed by atoms with Crippen molar-refractivity contribution in [3.8, 4) is 0 Å². The Kier molecular flexibility index (Phi) is 4.96. The SMILES string of the molecule is Cc1sc2ncn(N=Cc3ccc(N(C)CCO)cc3)c(=O)c2c1C. The summed E-state index contributed by atoms with van der Waals surface area (Å²) in [5.41, 5.74) is 2.71. The second-order valence-corrected chi connectivity index (χ2v) is 7.04. The Hall–Kier alpha value is -2.51. The van der Waals surface area contributed by atoms with E-state index in [1.807, 2.05) is 50.1 Å². The minimum Gasteiger partial charge on any atom is -0.395 e. The van der Waals surface area contributed by atoms with Crippen LogP contribution in [0.2, 0.25) is 0 Å². The van der Waals surface area contributed by atoms with Crippen LogP contribution in [-0.4, -0.2) is 41.2 Å². The van der Waals surface area contributed by atoms with Crippen LogP contribution < -0.4 is 10.5 Å². The van der Waals surface area contributed by atoms with Gasteiger partial charge in [0.25, 0.3) is 5.56 Å². The van der Waals surface area contributed by atoms with E-state index in [0.717, 1.165) is 26.5 Å². The Bertz CT molecular complexity index is 973. The van der Waals surface area contributed by atoms with Crippen LogP contribution in [0.4, 0.5) is 5.69 Å². The summed E-state index contributed by atoms with van der Waals surface area (Å²) in [5.74, 6) is 0. The molecular weight excluding hydrogens is 336 g/mol. The first-order valence-electron chi connectivity index (χ1n) is 7.95. The monoisotopic (exact) mass is 356 g/mol. The summed E-state index contributed by atoms with van der Waals surface area (Å²) in [4.78, 5) is 20.7. The Labute approximate surface area is 149 Å². The first-order chi connectivity index (χ1) is 12.0. The maximum Gasteiger partial charge on any atom is 0.282 e. The number of benzene rings is 1. The number of thiophene rings is 1. The molecule has 0 aliphatic heterocycles. The lowest BCUT2D eigenvalue weighted by Crippen LogP contribution is -2.20. The van der Waals surface area contributed by atoms with Crippen molar-refractivity contribution in [3.05, 3.63) is 57.0 Å². The number of aryl methyl sites for hydroxylation is 2. The highest BCUT2D eigenvalue weighted by Gasteiger charge is 2.11. The smallest absolute Gasteiger partial charge is 0.282 e. The maximum absolute atomic E-state index is 12.6. The molecule has 0 aliphatic rings. The van der Waals surface area contributed by atoms with Crippen LogP contribution in [0.15, 0.2) is 40.5 Å². The first kappa shape index (κ1) is 17.3. The van der Waals surface area contributed by atoms with Crippen LogP contribution in [0.3, 0.4) is 0 Å². The van der Waals surface area contributed by atoms with Gasteiger partial charge in [-0.05, 0) is 37.1 Å². The molecule has 0 fully saturated rings. The number of rotatable bonds is 5. The van der Waals surface area contributed by atoms with Crippen LogP contribution in [0.1, 0.15) is 16.0 Å². The minimum atomic E-state index is -0.151. The molecule has 3 aromatic rings. The van der Waals surface area contributed by atoms with E-state index >= 15 is 0 Å². The van der Waals surface area contributed by atoms with E-state index in [0.29, 0.717) is 11.9 Å². The number of anilines is 1. The van der Waals surface area contributed by atoms with Gasteiger partial charge in [0.2, 0.25) is 0 Å². The highest BCUT2D eigenvalue weighted by molar-refractivity contribution is 7.18. The lowest BCUT2D eigenvalue weighted by molar-refractivity contribution is 0.304. The number of aromatic nitrogens is 2. The number of likely N-dealkylation sites (N-methyl/N-ethyl adjacent to an activating group) is 1. The fraction of sp³-hybridized carbons (Fsp3) is 0.278. The molecule has 130 valence electrons. The Balaban J connectivity index is 1.87. The molecule has 0 spiro atoms. The largest absolute Gasteiger partial charge is 0.395 e. The zero-order valence-electron chi connectivity index (χ0n) is 14.4. The number of nitrogens with zero attached hydrogens (tertiary/aromatic N) is 4. The number of hydrogen-bond donors (Lipinski definition) is 1. The molecule has 6 nitrogen and oxygen atoms in total. The van der Waals surface area contributed by atoms with Crippen molar-refractivity contribution < 1.29 is 5.11 Å². The quantitative estimate of drug-likeness (QED) is 0.713. The summed E-state index contributed by atoms with van der Waals surface area (Å²) in [7, 11) is 1.92. The van der Waals surface area contributed by atoms with Crippen molar-refractivity contribution >= 4 is 33.5 Å². The molecule has 1 aromatic carbocycles. The summed E-state index contributed by atoms with van der Waals surface area (Å²) in [6, 6.07) is 7.74. The van der Waals surface area contributed by atoms with Gasteiger partial charge in [-0.3, -0.25) is 4.79 Å². The summed E-state index contributed by atoms with van der Waals surface area (Å²) < 4.78 is 1.27. The molecule has 0 saturated heterocycles. The standard InChI is InChI=1S/C18H20N4O2S/c1-12-13(2)25-17-16(12)18(24)22(11-19-17)20-10-14-4-6-15(7-5-14)21(3)8-9-23/h4-7,10-11,23H,8-9H2,1-3H3. The van der Waals surface area contributed by atoms with Crippen LogP contribution in [0, 0.1) is 13.8 Å². The van der Waals surface area contributed by atoms with Crippen molar-refractivity contribution in [2.24, 2.45) is 5.10 Å². The third kappa shape index (κ3) is 3.47. The van der Waals surface area contributed by atoms with E-state index in [-0.39, 0.29) is 12.2 Å². The third-order valence-electron chi connectivity index (χ3n) is 4.17. The van der Waals surface area contributed by atoms with Crippen molar-refractivity contribution in [2.45, 2.75) is 13.8 Å².